The molecule has 6 nitrogen and oxygen atoms in total. The molecule has 1 N–H and O–H groups in total. The van der Waals surface area contributed by atoms with Crippen LogP contribution in [0, 0.1) is 0 Å². The molecule has 1 unspecified atom stereocenters. The summed E-state index contributed by atoms with van der Waals surface area (Å²) in [5.41, 5.74) is 4.55. The molecule has 0 aliphatic carbocycles. The molecule has 0 spiro atoms. The molecule has 1 fully saturated rings. The zero-order valence-electron chi connectivity index (χ0n) is 14.6. The van der Waals surface area contributed by atoms with Crippen LogP contribution in [0.25, 0.3) is 0 Å². The summed E-state index contributed by atoms with van der Waals surface area (Å²) in [4.78, 5) is 14.7. The fourth-order valence-corrected chi connectivity index (χ4v) is 3.88. The topological polar surface area (TPSA) is 59.4 Å². The zero-order chi connectivity index (χ0) is 17.2. The number of nitrogens with zero attached hydrogens (tertiary/aromatic N) is 3. The van der Waals surface area contributed by atoms with Crippen LogP contribution in [0.5, 0.6) is 0 Å². The molecule has 4 rings (SSSR count). The number of fused-ring (bicyclic) bond motifs is 1. The lowest BCUT2D eigenvalue weighted by molar-refractivity contribution is 0.107. The summed E-state index contributed by atoms with van der Waals surface area (Å²) in [6.45, 7) is 2.68. The first-order valence-electron chi connectivity index (χ1n) is 8.95. The van der Waals surface area contributed by atoms with Crippen molar-refractivity contribution in [1.29, 1.82) is 0 Å². The highest BCUT2D eigenvalue weighted by Crippen LogP contribution is 2.35. The number of nitrogens with one attached hydrogen (secondary N) is 1. The van der Waals surface area contributed by atoms with E-state index in [0.29, 0.717) is 13.2 Å². The van der Waals surface area contributed by atoms with Gasteiger partial charge in [-0.15, -0.1) is 0 Å². The van der Waals surface area contributed by atoms with Gasteiger partial charge >= 0.3 is 6.03 Å². The Kier molecular flexibility index (Phi) is 4.44. The van der Waals surface area contributed by atoms with Gasteiger partial charge in [-0.25, -0.2) is 4.79 Å². The third kappa shape index (κ3) is 3.14. The number of benzene rings is 1. The zero-order valence-corrected chi connectivity index (χ0v) is 14.6. The second kappa shape index (κ2) is 6.88. The molecule has 0 radical (unpaired) electrons. The lowest BCUT2D eigenvalue weighted by atomic mass is 10.0. The van der Waals surface area contributed by atoms with Crippen LogP contribution in [0.15, 0.2) is 30.3 Å². The smallest absolute Gasteiger partial charge is 0.318 e. The van der Waals surface area contributed by atoms with Gasteiger partial charge in [-0.3, -0.25) is 4.68 Å². The number of urea groups is 1. The summed E-state index contributed by atoms with van der Waals surface area (Å²) in [6, 6.07) is 10.0. The minimum absolute atomic E-state index is 0.0116. The molecule has 1 saturated heterocycles. The Morgan fingerprint density at radius 2 is 2.20 bits per heavy atom. The van der Waals surface area contributed by atoms with Crippen molar-refractivity contribution in [2.45, 2.75) is 38.5 Å². The maximum Gasteiger partial charge on any atom is 0.318 e. The highest BCUT2D eigenvalue weighted by molar-refractivity contribution is 5.75. The van der Waals surface area contributed by atoms with Crippen LogP contribution < -0.4 is 5.32 Å². The monoisotopic (exact) mass is 340 g/mol. The van der Waals surface area contributed by atoms with Gasteiger partial charge in [0.25, 0.3) is 0 Å². The Bertz CT molecular complexity index is 756. The van der Waals surface area contributed by atoms with Gasteiger partial charge in [0, 0.05) is 37.8 Å². The first-order chi connectivity index (χ1) is 12.2. The van der Waals surface area contributed by atoms with Crippen molar-refractivity contribution in [2.75, 3.05) is 13.2 Å². The van der Waals surface area contributed by atoms with Crippen LogP contribution >= 0.6 is 0 Å². The Hall–Kier alpha value is -2.34. The second-order valence-electron chi connectivity index (χ2n) is 6.73. The predicted octanol–water partition coefficient (Wildman–Crippen LogP) is 2.54. The molecule has 0 bridgehead atoms. The average Bonchev–Trinajstić information content (AvgIpc) is 3.26. The lowest BCUT2D eigenvalue weighted by Gasteiger charge is -2.25. The van der Waals surface area contributed by atoms with Crippen molar-refractivity contribution in [3.63, 3.8) is 0 Å². The molecule has 6 heteroatoms. The summed E-state index contributed by atoms with van der Waals surface area (Å²) >= 11 is 0. The van der Waals surface area contributed by atoms with Gasteiger partial charge in [0.2, 0.25) is 0 Å². The molecule has 2 aliphatic rings. The maximum atomic E-state index is 12.7. The van der Waals surface area contributed by atoms with Crippen LogP contribution in [-0.4, -0.2) is 33.9 Å². The maximum absolute atomic E-state index is 12.7. The molecule has 132 valence electrons. The van der Waals surface area contributed by atoms with Gasteiger partial charge < -0.3 is 15.0 Å². The van der Waals surface area contributed by atoms with Crippen LogP contribution in [0.4, 0.5) is 4.79 Å². The van der Waals surface area contributed by atoms with E-state index in [0.717, 1.165) is 43.7 Å². The molecule has 25 heavy (non-hydrogen) atoms. The van der Waals surface area contributed by atoms with Crippen LogP contribution in [-0.2, 0) is 31.4 Å². The van der Waals surface area contributed by atoms with Crippen molar-refractivity contribution in [3.05, 3.63) is 52.8 Å². The number of carbonyl (C=O) groups is 1. The number of hydrogen-bond donors (Lipinski definition) is 1. The van der Waals surface area contributed by atoms with Crippen molar-refractivity contribution >= 4 is 6.03 Å². The number of amides is 2. The molecule has 1 aromatic carbocycles. The minimum atomic E-state index is -0.0116. The molecule has 0 saturated carbocycles. The number of rotatable bonds is 3. The summed E-state index contributed by atoms with van der Waals surface area (Å²) in [6.07, 6.45) is 2.86. The highest BCUT2D eigenvalue weighted by atomic mass is 16.5. The minimum Gasteiger partial charge on any atom is -0.376 e. The lowest BCUT2D eigenvalue weighted by Crippen LogP contribution is -2.39. The first kappa shape index (κ1) is 16.1. The first-order valence-corrected chi connectivity index (χ1v) is 8.95. The largest absolute Gasteiger partial charge is 0.376 e. The van der Waals surface area contributed by atoms with Gasteiger partial charge in [0.15, 0.2) is 0 Å². The van der Waals surface area contributed by atoms with Crippen molar-refractivity contribution in [2.24, 2.45) is 7.05 Å². The van der Waals surface area contributed by atoms with Gasteiger partial charge in [0.05, 0.1) is 24.9 Å². The standard InChI is InChI=1S/C19H24N4O2/c1-22-16-9-11-25-13-15(16)18(21-22)17-8-5-10-23(17)19(24)20-12-14-6-3-2-4-7-14/h2-4,6-7,17H,5,8-13H2,1H3,(H,20,24). The molecule has 2 amide bonds. The van der Waals surface area contributed by atoms with Crippen LogP contribution in [0.1, 0.15) is 41.4 Å². The fraction of sp³-hybridized carbons (Fsp3) is 0.474. The molecular formula is C19H24N4O2. The van der Waals surface area contributed by atoms with E-state index in [1.54, 1.807) is 0 Å². The Morgan fingerprint density at radius 1 is 1.36 bits per heavy atom. The average molecular weight is 340 g/mol. The van der Waals surface area contributed by atoms with Crippen LogP contribution in [0.3, 0.4) is 0 Å². The number of aryl methyl sites for hydroxylation is 1. The molecule has 1 aromatic heterocycles. The number of aromatic nitrogens is 2. The second-order valence-corrected chi connectivity index (χ2v) is 6.73. The number of hydrogen-bond acceptors (Lipinski definition) is 3. The Balaban J connectivity index is 1.50. The van der Waals surface area contributed by atoms with Crippen molar-refractivity contribution in [3.8, 4) is 0 Å². The van der Waals surface area contributed by atoms with Gasteiger partial charge in [-0.1, -0.05) is 30.3 Å². The van der Waals surface area contributed by atoms with Crippen molar-refractivity contribution in [1.82, 2.24) is 20.0 Å². The highest BCUT2D eigenvalue weighted by Gasteiger charge is 2.35. The van der Waals surface area contributed by atoms with E-state index < -0.39 is 0 Å². The van der Waals surface area contributed by atoms with E-state index in [9.17, 15) is 4.79 Å². The van der Waals surface area contributed by atoms with E-state index >= 15 is 0 Å². The van der Waals surface area contributed by atoms with E-state index in [2.05, 4.69) is 5.32 Å². The van der Waals surface area contributed by atoms with E-state index in [1.165, 1.54) is 11.3 Å². The van der Waals surface area contributed by atoms with Crippen LogP contribution in [0.2, 0.25) is 0 Å². The van der Waals surface area contributed by atoms with E-state index in [-0.39, 0.29) is 12.1 Å². The molecule has 3 heterocycles. The number of likely N-dealkylation sites (tertiary alicyclic amines) is 1. The molecular weight excluding hydrogens is 316 g/mol. The van der Waals surface area contributed by atoms with Gasteiger partial charge in [-0.05, 0) is 18.4 Å². The quantitative estimate of drug-likeness (QED) is 0.934. The summed E-state index contributed by atoms with van der Waals surface area (Å²) in [5, 5.41) is 7.79. The molecule has 1 atom stereocenters. The van der Waals surface area contributed by atoms with Gasteiger partial charge in [-0.2, -0.15) is 5.10 Å². The fourth-order valence-electron chi connectivity index (χ4n) is 3.88. The summed E-state index contributed by atoms with van der Waals surface area (Å²) < 4.78 is 7.60. The van der Waals surface area contributed by atoms with E-state index in [4.69, 9.17) is 9.84 Å². The SMILES string of the molecule is Cn1nc(C2CCCN2C(=O)NCc2ccccc2)c2c1CCOC2. The normalized spacial score (nSPS) is 19.7. The van der Waals surface area contributed by atoms with Gasteiger partial charge in [0.1, 0.15) is 0 Å². The number of carbonyl (C=O) groups excluding carboxylic acids is 1. The third-order valence-corrected chi connectivity index (χ3v) is 5.15. The summed E-state index contributed by atoms with van der Waals surface area (Å²) in [5.74, 6) is 0. The summed E-state index contributed by atoms with van der Waals surface area (Å²) in [7, 11) is 1.99. The Morgan fingerprint density at radius 3 is 3.04 bits per heavy atom. The molecule has 2 aromatic rings. The third-order valence-electron chi connectivity index (χ3n) is 5.15. The predicted molar refractivity (Wildman–Crippen MR) is 93.9 cm³/mol. The number of ether oxygens (including phenoxy) is 1. The van der Waals surface area contributed by atoms with E-state index in [1.807, 2.05) is 47.0 Å². The Labute approximate surface area is 147 Å². The van der Waals surface area contributed by atoms with Crippen molar-refractivity contribution < 1.29 is 9.53 Å². The molecule has 2 aliphatic heterocycles.